The molecule has 6 nitrogen and oxygen atoms in total. The Morgan fingerprint density at radius 3 is 2.52 bits per heavy atom. The van der Waals surface area contributed by atoms with Gasteiger partial charge >= 0.3 is 5.97 Å². The zero-order valence-electron chi connectivity index (χ0n) is 15.7. The van der Waals surface area contributed by atoms with Gasteiger partial charge in [0.25, 0.3) is 0 Å². The molecular weight excluding hydrogens is 366 g/mol. The second kappa shape index (κ2) is 9.87. The number of rotatable bonds is 9. The molecule has 0 radical (unpaired) electrons. The van der Waals surface area contributed by atoms with Crippen LogP contribution in [0.2, 0.25) is 0 Å². The van der Waals surface area contributed by atoms with Crippen molar-refractivity contribution in [1.29, 1.82) is 0 Å². The number of nitrogens with one attached hydrogen (secondary N) is 1. The molecule has 0 aliphatic rings. The molecule has 0 saturated heterocycles. The SMILES string of the molecule is CC(=O)NCCc1ccc(C(=O)COC(=O)COc2ccc(C)c(C)c2)s1. The van der Waals surface area contributed by atoms with Crippen LogP contribution in [0.4, 0.5) is 0 Å². The van der Waals surface area contributed by atoms with E-state index < -0.39 is 5.97 Å². The van der Waals surface area contributed by atoms with Crippen LogP contribution >= 0.6 is 11.3 Å². The molecule has 0 spiro atoms. The molecule has 144 valence electrons. The van der Waals surface area contributed by atoms with Crippen LogP contribution in [0.3, 0.4) is 0 Å². The summed E-state index contributed by atoms with van der Waals surface area (Å²) in [7, 11) is 0. The van der Waals surface area contributed by atoms with Crippen molar-refractivity contribution in [3.8, 4) is 5.75 Å². The van der Waals surface area contributed by atoms with E-state index in [1.165, 1.54) is 18.3 Å². The summed E-state index contributed by atoms with van der Waals surface area (Å²) < 4.78 is 10.4. The zero-order chi connectivity index (χ0) is 19.8. The number of hydrogen-bond acceptors (Lipinski definition) is 6. The minimum Gasteiger partial charge on any atom is -0.482 e. The molecule has 1 heterocycles. The maximum atomic E-state index is 12.1. The smallest absolute Gasteiger partial charge is 0.344 e. The monoisotopic (exact) mass is 389 g/mol. The highest BCUT2D eigenvalue weighted by Crippen LogP contribution is 2.18. The lowest BCUT2D eigenvalue weighted by molar-refractivity contribution is -0.144. The number of amides is 1. The van der Waals surface area contributed by atoms with Gasteiger partial charge in [0.2, 0.25) is 11.7 Å². The molecule has 1 N–H and O–H groups in total. The summed E-state index contributed by atoms with van der Waals surface area (Å²) >= 11 is 1.33. The van der Waals surface area contributed by atoms with Crippen LogP contribution in [-0.4, -0.2) is 37.4 Å². The summed E-state index contributed by atoms with van der Waals surface area (Å²) in [5, 5.41) is 2.71. The average Bonchev–Trinajstić information content (AvgIpc) is 3.09. The second-order valence-electron chi connectivity index (χ2n) is 6.12. The van der Waals surface area contributed by atoms with E-state index in [1.807, 2.05) is 32.0 Å². The topological polar surface area (TPSA) is 81.7 Å². The van der Waals surface area contributed by atoms with Gasteiger partial charge in [0, 0.05) is 18.3 Å². The minimum atomic E-state index is -0.594. The average molecular weight is 389 g/mol. The van der Waals surface area contributed by atoms with Crippen LogP contribution in [0.25, 0.3) is 0 Å². The molecule has 0 saturated carbocycles. The van der Waals surface area contributed by atoms with E-state index in [9.17, 15) is 14.4 Å². The maximum absolute atomic E-state index is 12.1. The highest BCUT2D eigenvalue weighted by atomic mass is 32.1. The van der Waals surface area contributed by atoms with Crippen molar-refractivity contribution in [2.45, 2.75) is 27.2 Å². The summed E-state index contributed by atoms with van der Waals surface area (Å²) in [4.78, 5) is 36.3. The lowest BCUT2D eigenvalue weighted by atomic mass is 10.1. The van der Waals surface area contributed by atoms with Gasteiger partial charge in [0.1, 0.15) is 5.75 Å². The summed E-state index contributed by atoms with van der Waals surface area (Å²) in [5.41, 5.74) is 2.21. The molecule has 1 amide bonds. The molecule has 7 heteroatoms. The van der Waals surface area contributed by atoms with Gasteiger partial charge in [-0.05, 0) is 55.7 Å². The predicted molar refractivity (Wildman–Crippen MR) is 103 cm³/mol. The molecule has 0 unspecified atom stereocenters. The number of benzene rings is 1. The zero-order valence-corrected chi connectivity index (χ0v) is 16.5. The normalized spacial score (nSPS) is 10.3. The Kier molecular flexibility index (Phi) is 7.55. The Morgan fingerprint density at radius 1 is 1.04 bits per heavy atom. The van der Waals surface area contributed by atoms with E-state index in [2.05, 4.69) is 5.32 Å². The molecule has 0 aliphatic heterocycles. The summed E-state index contributed by atoms with van der Waals surface area (Å²) in [5.74, 6) is -0.351. The van der Waals surface area contributed by atoms with Crippen molar-refractivity contribution in [1.82, 2.24) is 5.32 Å². The summed E-state index contributed by atoms with van der Waals surface area (Å²) in [6, 6.07) is 9.09. The third-order valence-electron chi connectivity index (χ3n) is 3.88. The van der Waals surface area contributed by atoms with Gasteiger partial charge in [0.05, 0.1) is 4.88 Å². The fourth-order valence-corrected chi connectivity index (χ4v) is 3.16. The van der Waals surface area contributed by atoms with Crippen LogP contribution < -0.4 is 10.1 Å². The van der Waals surface area contributed by atoms with E-state index in [1.54, 1.807) is 12.1 Å². The van der Waals surface area contributed by atoms with Gasteiger partial charge in [-0.25, -0.2) is 4.79 Å². The molecule has 1 aromatic heterocycles. The molecule has 27 heavy (non-hydrogen) atoms. The van der Waals surface area contributed by atoms with Crippen LogP contribution in [-0.2, 0) is 20.7 Å². The molecule has 0 fully saturated rings. The van der Waals surface area contributed by atoms with Crippen molar-refractivity contribution >= 4 is 29.0 Å². The molecule has 1 aromatic carbocycles. The molecule has 0 bridgehead atoms. The van der Waals surface area contributed by atoms with Crippen molar-refractivity contribution in [2.75, 3.05) is 19.8 Å². The molecule has 0 atom stereocenters. The molecule has 2 aromatic rings. The van der Waals surface area contributed by atoms with Crippen molar-refractivity contribution in [3.05, 3.63) is 51.2 Å². The number of ketones is 1. The van der Waals surface area contributed by atoms with Crippen LogP contribution in [0.15, 0.2) is 30.3 Å². The lowest BCUT2D eigenvalue weighted by Crippen LogP contribution is -2.22. The maximum Gasteiger partial charge on any atom is 0.344 e. The van der Waals surface area contributed by atoms with E-state index in [-0.39, 0.29) is 24.9 Å². The largest absolute Gasteiger partial charge is 0.482 e. The standard InChI is InChI=1S/C20H23NO5S/c1-13-4-5-16(10-14(13)2)25-12-20(24)26-11-18(23)19-7-6-17(27-19)8-9-21-15(3)22/h4-7,10H,8-9,11-12H2,1-3H3,(H,21,22). The van der Waals surface area contributed by atoms with E-state index in [0.29, 0.717) is 23.6 Å². The fourth-order valence-electron chi connectivity index (χ4n) is 2.23. The summed E-state index contributed by atoms with van der Waals surface area (Å²) in [6.07, 6.45) is 0.654. The van der Waals surface area contributed by atoms with Gasteiger partial charge < -0.3 is 14.8 Å². The highest BCUT2D eigenvalue weighted by Gasteiger charge is 2.13. The Morgan fingerprint density at radius 2 is 1.81 bits per heavy atom. The van der Waals surface area contributed by atoms with E-state index >= 15 is 0 Å². The quantitative estimate of drug-likeness (QED) is 0.527. The van der Waals surface area contributed by atoms with Gasteiger partial charge in [-0.15, -0.1) is 11.3 Å². The number of carbonyl (C=O) groups is 3. The number of carbonyl (C=O) groups excluding carboxylic acids is 3. The third-order valence-corrected chi connectivity index (χ3v) is 5.07. The van der Waals surface area contributed by atoms with Crippen LogP contribution in [0.1, 0.15) is 32.6 Å². The van der Waals surface area contributed by atoms with Crippen molar-refractivity contribution in [2.24, 2.45) is 0 Å². The van der Waals surface area contributed by atoms with Gasteiger partial charge in [-0.2, -0.15) is 0 Å². The Labute approximate surface area is 162 Å². The highest BCUT2D eigenvalue weighted by molar-refractivity contribution is 7.14. The van der Waals surface area contributed by atoms with Crippen molar-refractivity contribution < 1.29 is 23.9 Å². The second-order valence-corrected chi connectivity index (χ2v) is 7.29. The van der Waals surface area contributed by atoms with Crippen LogP contribution in [0, 0.1) is 13.8 Å². The number of ether oxygens (including phenoxy) is 2. The number of aryl methyl sites for hydroxylation is 2. The Balaban J connectivity index is 1.74. The van der Waals surface area contributed by atoms with Crippen LogP contribution in [0.5, 0.6) is 5.75 Å². The third kappa shape index (κ3) is 6.86. The van der Waals surface area contributed by atoms with E-state index in [4.69, 9.17) is 9.47 Å². The van der Waals surface area contributed by atoms with Crippen molar-refractivity contribution in [3.63, 3.8) is 0 Å². The van der Waals surface area contributed by atoms with Gasteiger partial charge in [0.15, 0.2) is 13.2 Å². The fraction of sp³-hybridized carbons (Fsp3) is 0.350. The first kappa shape index (κ1) is 20.6. The Hall–Kier alpha value is -2.67. The molecular formula is C20H23NO5S. The number of esters is 1. The lowest BCUT2D eigenvalue weighted by Gasteiger charge is -2.08. The first-order valence-corrected chi connectivity index (χ1v) is 9.39. The van der Waals surface area contributed by atoms with E-state index in [0.717, 1.165) is 16.0 Å². The minimum absolute atomic E-state index is 0.0854. The van der Waals surface area contributed by atoms with Gasteiger partial charge in [-0.1, -0.05) is 6.07 Å². The molecule has 2 rings (SSSR count). The number of Topliss-reactive ketones (excluding diaryl/α,β-unsaturated/α-hetero) is 1. The number of thiophene rings is 1. The van der Waals surface area contributed by atoms with Gasteiger partial charge in [-0.3, -0.25) is 9.59 Å². The first-order valence-electron chi connectivity index (χ1n) is 8.57. The predicted octanol–water partition coefficient (Wildman–Crippen LogP) is 2.85. The molecule has 0 aliphatic carbocycles. The number of hydrogen-bond donors (Lipinski definition) is 1. The Bertz CT molecular complexity index is 828. The first-order chi connectivity index (χ1) is 12.8. The summed E-state index contributed by atoms with van der Waals surface area (Å²) in [6.45, 7) is 5.37.